The molecule has 0 spiro atoms. The predicted molar refractivity (Wildman–Crippen MR) is 72.9 cm³/mol. The van der Waals surface area contributed by atoms with Crippen LogP contribution in [0.1, 0.15) is 85.0 Å². The van der Waals surface area contributed by atoms with Crippen molar-refractivity contribution in [3.63, 3.8) is 0 Å². The molecule has 0 fully saturated rings. The third kappa shape index (κ3) is 10.5. The van der Waals surface area contributed by atoms with Gasteiger partial charge in [-0.15, -0.1) is 0 Å². The van der Waals surface area contributed by atoms with Crippen LogP contribution < -0.4 is 0 Å². The Morgan fingerprint density at radius 1 is 0.688 bits per heavy atom. The SMILES string of the molecule is CCCCCCCC(CCC)OCCCC. The monoisotopic (exact) mass is 228 g/mol. The summed E-state index contributed by atoms with van der Waals surface area (Å²) in [6, 6.07) is 0. The van der Waals surface area contributed by atoms with E-state index in [-0.39, 0.29) is 0 Å². The van der Waals surface area contributed by atoms with E-state index < -0.39 is 0 Å². The van der Waals surface area contributed by atoms with Crippen molar-refractivity contribution < 1.29 is 4.74 Å². The van der Waals surface area contributed by atoms with Crippen molar-refractivity contribution in [2.75, 3.05) is 6.61 Å². The smallest absolute Gasteiger partial charge is 0.0575 e. The zero-order valence-corrected chi connectivity index (χ0v) is 11.8. The van der Waals surface area contributed by atoms with Gasteiger partial charge in [0.2, 0.25) is 0 Å². The Bertz CT molecular complexity index is 123. The number of hydrogen-bond donors (Lipinski definition) is 0. The van der Waals surface area contributed by atoms with Crippen LogP contribution in [-0.2, 0) is 4.74 Å². The second kappa shape index (κ2) is 13.0. The maximum absolute atomic E-state index is 5.93. The van der Waals surface area contributed by atoms with Gasteiger partial charge in [-0.2, -0.15) is 0 Å². The number of hydrogen-bond acceptors (Lipinski definition) is 1. The summed E-state index contributed by atoms with van der Waals surface area (Å²) in [5.41, 5.74) is 0. The van der Waals surface area contributed by atoms with E-state index in [1.807, 2.05) is 0 Å². The molecule has 98 valence electrons. The van der Waals surface area contributed by atoms with Crippen molar-refractivity contribution in [2.45, 2.75) is 91.1 Å². The Hall–Kier alpha value is -0.0400. The lowest BCUT2D eigenvalue weighted by Crippen LogP contribution is -2.13. The van der Waals surface area contributed by atoms with E-state index in [1.54, 1.807) is 0 Å². The van der Waals surface area contributed by atoms with Crippen LogP contribution in [0.2, 0.25) is 0 Å². The second-order valence-corrected chi connectivity index (χ2v) is 4.84. The molecule has 0 rings (SSSR count). The van der Waals surface area contributed by atoms with E-state index >= 15 is 0 Å². The zero-order chi connectivity index (χ0) is 12.1. The molecule has 1 nitrogen and oxygen atoms in total. The van der Waals surface area contributed by atoms with Gasteiger partial charge in [0.1, 0.15) is 0 Å². The Balaban J connectivity index is 3.43. The van der Waals surface area contributed by atoms with Gasteiger partial charge in [-0.3, -0.25) is 0 Å². The molecule has 0 heterocycles. The highest BCUT2D eigenvalue weighted by Crippen LogP contribution is 2.13. The summed E-state index contributed by atoms with van der Waals surface area (Å²) in [7, 11) is 0. The average Bonchev–Trinajstić information content (AvgIpc) is 2.29. The van der Waals surface area contributed by atoms with Gasteiger partial charge >= 0.3 is 0 Å². The highest BCUT2D eigenvalue weighted by Gasteiger charge is 2.07. The molecule has 0 aliphatic carbocycles. The molecule has 0 radical (unpaired) electrons. The van der Waals surface area contributed by atoms with Crippen LogP contribution in [0.3, 0.4) is 0 Å². The maximum atomic E-state index is 5.93. The lowest BCUT2D eigenvalue weighted by atomic mass is 10.1. The van der Waals surface area contributed by atoms with Gasteiger partial charge in [0.15, 0.2) is 0 Å². The summed E-state index contributed by atoms with van der Waals surface area (Å²) in [6.45, 7) is 7.72. The third-order valence-corrected chi connectivity index (χ3v) is 3.09. The van der Waals surface area contributed by atoms with E-state index in [4.69, 9.17) is 4.74 Å². The molecular formula is C15H32O. The first kappa shape index (κ1) is 16.0. The molecule has 0 N–H and O–H groups in total. The Morgan fingerprint density at radius 3 is 2.00 bits per heavy atom. The summed E-state index contributed by atoms with van der Waals surface area (Å²) in [5.74, 6) is 0. The molecule has 1 atom stereocenters. The van der Waals surface area contributed by atoms with Crippen molar-refractivity contribution in [3.8, 4) is 0 Å². The molecule has 0 aliphatic rings. The Labute approximate surface area is 103 Å². The molecule has 16 heavy (non-hydrogen) atoms. The topological polar surface area (TPSA) is 9.23 Å². The van der Waals surface area contributed by atoms with Crippen molar-refractivity contribution in [2.24, 2.45) is 0 Å². The lowest BCUT2D eigenvalue weighted by molar-refractivity contribution is 0.0377. The minimum absolute atomic E-state index is 0.540. The van der Waals surface area contributed by atoms with Crippen molar-refractivity contribution in [1.82, 2.24) is 0 Å². The molecule has 0 amide bonds. The summed E-state index contributed by atoms with van der Waals surface area (Å²) in [4.78, 5) is 0. The van der Waals surface area contributed by atoms with E-state index in [0.29, 0.717) is 6.10 Å². The zero-order valence-electron chi connectivity index (χ0n) is 11.8. The largest absolute Gasteiger partial charge is 0.378 e. The van der Waals surface area contributed by atoms with Gasteiger partial charge in [0.25, 0.3) is 0 Å². The Morgan fingerprint density at radius 2 is 1.38 bits per heavy atom. The highest BCUT2D eigenvalue weighted by molar-refractivity contribution is 4.58. The third-order valence-electron chi connectivity index (χ3n) is 3.09. The first-order chi connectivity index (χ1) is 7.85. The first-order valence-corrected chi connectivity index (χ1v) is 7.46. The van der Waals surface area contributed by atoms with Gasteiger partial charge in [-0.25, -0.2) is 0 Å². The fourth-order valence-corrected chi connectivity index (χ4v) is 2.00. The average molecular weight is 228 g/mol. The highest BCUT2D eigenvalue weighted by atomic mass is 16.5. The fourth-order valence-electron chi connectivity index (χ4n) is 2.00. The van der Waals surface area contributed by atoms with E-state index in [1.165, 1.54) is 64.2 Å². The van der Waals surface area contributed by atoms with Crippen molar-refractivity contribution in [3.05, 3.63) is 0 Å². The lowest BCUT2D eigenvalue weighted by Gasteiger charge is -2.17. The molecule has 0 saturated carbocycles. The number of rotatable bonds is 12. The standard InChI is InChI=1S/C15H32O/c1-4-7-9-10-11-13-15(12-6-3)16-14-8-5-2/h15H,4-14H2,1-3H3. The van der Waals surface area contributed by atoms with E-state index in [0.717, 1.165) is 6.61 Å². The van der Waals surface area contributed by atoms with Gasteiger partial charge < -0.3 is 4.74 Å². The van der Waals surface area contributed by atoms with Crippen molar-refractivity contribution in [1.29, 1.82) is 0 Å². The van der Waals surface area contributed by atoms with Crippen LogP contribution in [0.15, 0.2) is 0 Å². The molecule has 0 aromatic rings. The first-order valence-electron chi connectivity index (χ1n) is 7.46. The van der Waals surface area contributed by atoms with Crippen LogP contribution in [0.4, 0.5) is 0 Å². The maximum Gasteiger partial charge on any atom is 0.0575 e. The second-order valence-electron chi connectivity index (χ2n) is 4.84. The van der Waals surface area contributed by atoms with Crippen LogP contribution in [0.5, 0.6) is 0 Å². The fraction of sp³-hybridized carbons (Fsp3) is 1.00. The number of unbranched alkanes of at least 4 members (excludes halogenated alkanes) is 5. The molecule has 0 saturated heterocycles. The molecule has 0 bridgehead atoms. The Kier molecular flexibility index (Phi) is 13.0. The molecular weight excluding hydrogens is 196 g/mol. The van der Waals surface area contributed by atoms with Gasteiger partial charge in [-0.05, 0) is 19.3 Å². The van der Waals surface area contributed by atoms with Crippen LogP contribution >= 0.6 is 0 Å². The van der Waals surface area contributed by atoms with Gasteiger partial charge in [0, 0.05) is 6.61 Å². The molecule has 1 heteroatoms. The van der Waals surface area contributed by atoms with Gasteiger partial charge in [-0.1, -0.05) is 65.7 Å². The molecule has 0 aromatic carbocycles. The summed E-state index contributed by atoms with van der Waals surface area (Å²) in [5, 5.41) is 0. The van der Waals surface area contributed by atoms with Crippen molar-refractivity contribution >= 4 is 0 Å². The summed E-state index contributed by atoms with van der Waals surface area (Å²) < 4.78 is 5.93. The van der Waals surface area contributed by atoms with Crippen LogP contribution in [0.25, 0.3) is 0 Å². The van der Waals surface area contributed by atoms with E-state index in [9.17, 15) is 0 Å². The quantitative estimate of drug-likeness (QED) is 0.410. The minimum atomic E-state index is 0.540. The van der Waals surface area contributed by atoms with Crippen LogP contribution in [-0.4, -0.2) is 12.7 Å². The predicted octanol–water partition coefficient (Wildman–Crippen LogP) is 5.33. The van der Waals surface area contributed by atoms with Crippen LogP contribution in [0, 0.1) is 0 Å². The summed E-state index contributed by atoms with van der Waals surface area (Å²) >= 11 is 0. The molecule has 0 aliphatic heterocycles. The number of ether oxygens (including phenoxy) is 1. The minimum Gasteiger partial charge on any atom is -0.378 e. The normalized spacial score (nSPS) is 12.9. The molecule has 1 unspecified atom stereocenters. The molecule has 0 aromatic heterocycles. The van der Waals surface area contributed by atoms with Gasteiger partial charge in [0.05, 0.1) is 6.10 Å². The summed E-state index contributed by atoms with van der Waals surface area (Å²) in [6.07, 6.45) is 13.7. The van der Waals surface area contributed by atoms with E-state index in [2.05, 4.69) is 20.8 Å².